The molecular weight excluding hydrogens is 139 g/mol. The SMILES string of the molecule is [B]=CC(CCC(=O)O)C1CC1. The van der Waals surface area contributed by atoms with Crippen molar-refractivity contribution in [2.75, 3.05) is 0 Å². The van der Waals surface area contributed by atoms with Crippen LogP contribution in [0.25, 0.3) is 0 Å². The third-order valence-electron chi connectivity index (χ3n) is 2.17. The first kappa shape index (κ1) is 8.50. The number of carboxylic acid groups (broad SMARTS) is 1. The molecule has 0 aromatic heterocycles. The molecule has 1 unspecified atom stereocenters. The van der Waals surface area contributed by atoms with Crippen molar-refractivity contribution in [1.29, 1.82) is 0 Å². The van der Waals surface area contributed by atoms with E-state index >= 15 is 0 Å². The van der Waals surface area contributed by atoms with Crippen LogP contribution in [0, 0.1) is 11.8 Å². The topological polar surface area (TPSA) is 37.3 Å². The summed E-state index contributed by atoms with van der Waals surface area (Å²) in [5.74, 6) is 1.95. The van der Waals surface area contributed by atoms with E-state index in [0.717, 1.165) is 0 Å². The van der Waals surface area contributed by atoms with Gasteiger partial charge in [0.05, 0.1) is 0 Å². The molecule has 0 heterocycles. The van der Waals surface area contributed by atoms with Crippen LogP contribution in [-0.4, -0.2) is 24.5 Å². The van der Waals surface area contributed by atoms with E-state index in [2.05, 4.69) is 0 Å². The van der Waals surface area contributed by atoms with E-state index in [4.69, 9.17) is 12.6 Å². The third kappa shape index (κ3) is 2.87. The number of hydrogen-bond acceptors (Lipinski definition) is 1. The third-order valence-corrected chi connectivity index (χ3v) is 2.17. The Bertz CT molecular complexity index is 163. The Labute approximate surface area is 67.7 Å². The van der Waals surface area contributed by atoms with Crippen LogP contribution in [-0.2, 0) is 4.79 Å². The Morgan fingerprint density at radius 1 is 1.73 bits per heavy atom. The molecule has 1 aliphatic carbocycles. The zero-order chi connectivity index (χ0) is 8.27. The summed E-state index contributed by atoms with van der Waals surface area (Å²) >= 11 is 0. The van der Waals surface area contributed by atoms with Crippen LogP contribution in [0.4, 0.5) is 0 Å². The second-order valence-corrected chi connectivity index (χ2v) is 3.13. The summed E-state index contributed by atoms with van der Waals surface area (Å²) in [6.07, 6.45) is 3.39. The van der Waals surface area contributed by atoms with E-state index in [0.29, 0.717) is 18.3 Å². The summed E-state index contributed by atoms with van der Waals surface area (Å²) in [6, 6.07) is 0. The maximum atomic E-state index is 10.2. The summed E-state index contributed by atoms with van der Waals surface area (Å²) in [5.41, 5.74) is 0. The normalized spacial score (nSPS) is 19.2. The molecule has 1 fully saturated rings. The van der Waals surface area contributed by atoms with Crippen molar-refractivity contribution in [1.82, 2.24) is 0 Å². The molecule has 0 aromatic carbocycles. The fraction of sp³-hybridized carbons (Fsp3) is 0.750. The van der Waals surface area contributed by atoms with E-state index in [-0.39, 0.29) is 6.42 Å². The molecule has 1 rings (SSSR count). The van der Waals surface area contributed by atoms with E-state index in [1.54, 1.807) is 5.97 Å². The predicted molar refractivity (Wildman–Crippen MR) is 44.9 cm³/mol. The maximum absolute atomic E-state index is 10.2. The average molecular weight is 151 g/mol. The molecule has 59 valence electrons. The number of hydrogen-bond donors (Lipinski definition) is 1. The fourth-order valence-corrected chi connectivity index (χ4v) is 1.30. The molecule has 0 saturated heterocycles. The van der Waals surface area contributed by atoms with Gasteiger partial charge in [0, 0.05) is 0 Å². The van der Waals surface area contributed by atoms with Gasteiger partial charge in [-0.05, 0) is 0 Å². The zero-order valence-corrected chi connectivity index (χ0v) is 6.49. The molecule has 1 N–H and O–H groups in total. The quantitative estimate of drug-likeness (QED) is 0.591. The molecule has 11 heavy (non-hydrogen) atoms. The number of carboxylic acids is 1. The van der Waals surface area contributed by atoms with E-state index in [9.17, 15) is 4.79 Å². The fourth-order valence-electron chi connectivity index (χ4n) is 1.30. The van der Waals surface area contributed by atoms with Crippen molar-refractivity contribution in [3.05, 3.63) is 0 Å². The van der Waals surface area contributed by atoms with Gasteiger partial charge in [-0.25, -0.2) is 0 Å². The van der Waals surface area contributed by atoms with Gasteiger partial charge < -0.3 is 0 Å². The molecule has 1 aliphatic rings. The van der Waals surface area contributed by atoms with Crippen molar-refractivity contribution < 1.29 is 9.90 Å². The number of aliphatic carboxylic acids is 1. The Balaban J connectivity index is 2.20. The van der Waals surface area contributed by atoms with E-state index < -0.39 is 5.97 Å². The van der Waals surface area contributed by atoms with Gasteiger partial charge in [-0.15, -0.1) is 0 Å². The van der Waals surface area contributed by atoms with Crippen molar-refractivity contribution in [2.24, 2.45) is 11.8 Å². The molecule has 1 atom stereocenters. The van der Waals surface area contributed by atoms with Gasteiger partial charge in [0.25, 0.3) is 0 Å². The molecule has 0 amide bonds. The summed E-state index contributed by atoms with van der Waals surface area (Å²) in [7, 11) is 5.38. The van der Waals surface area contributed by atoms with Crippen LogP contribution >= 0.6 is 0 Å². The van der Waals surface area contributed by atoms with E-state index in [1.807, 2.05) is 0 Å². The standard InChI is InChI=1S/C8H12BO2/c9-5-7(6-1-2-6)3-4-8(10)11/h5-7H,1-4H2,(H,10,11). The average Bonchev–Trinajstić information content (AvgIpc) is 2.72. The van der Waals surface area contributed by atoms with Crippen LogP contribution in [0.3, 0.4) is 0 Å². The van der Waals surface area contributed by atoms with Gasteiger partial charge in [0.2, 0.25) is 0 Å². The monoisotopic (exact) mass is 151 g/mol. The first-order chi connectivity index (χ1) is 5.24. The number of rotatable bonds is 5. The molecule has 1 radical (unpaired) electrons. The van der Waals surface area contributed by atoms with Gasteiger partial charge in [0.1, 0.15) is 0 Å². The van der Waals surface area contributed by atoms with Crippen LogP contribution in [0.5, 0.6) is 0 Å². The van der Waals surface area contributed by atoms with Crippen molar-refractivity contribution in [3.8, 4) is 0 Å². The first-order valence-electron chi connectivity index (χ1n) is 4.01. The van der Waals surface area contributed by atoms with Crippen LogP contribution in [0.1, 0.15) is 25.7 Å². The summed E-state index contributed by atoms with van der Waals surface area (Å²) in [4.78, 5) is 10.2. The van der Waals surface area contributed by atoms with Crippen LogP contribution in [0.15, 0.2) is 0 Å². The molecule has 0 bridgehead atoms. The van der Waals surface area contributed by atoms with Gasteiger partial charge in [0.15, 0.2) is 0 Å². The molecule has 3 heteroatoms. The van der Waals surface area contributed by atoms with Crippen LogP contribution in [0.2, 0.25) is 0 Å². The van der Waals surface area contributed by atoms with Crippen molar-refractivity contribution in [2.45, 2.75) is 25.7 Å². The number of carbonyl (C=O) groups is 1. The summed E-state index contributed by atoms with van der Waals surface area (Å²) in [5, 5.41) is 8.41. The summed E-state index contributed by atoms with van der Waals surface area (Å²) in [6.45, 7) is 0. The minimum absolute atomic E-state index is 0.245. The Morgan fingerprint density at radius 2 is 2.36 bits per heavy atom. The zero-order valence-electron chi connectivity index (χ0n) is 6.49. The van der Waals surface area contributed by atoms with Gasteiger partial charge in [-0.2, -0.15) is 0 Å². The van der Waals surface area contributed by atoms with Crippen LogP contribution < -0.4 is 0 Å². The van der Waals surface area contributed by atoms with Crippen molar-refractivity contribution in [3.63, 3.8) is 0 Å². The molecule has 2 nitrogen and oxygen atoms in total. The summed E-state index contributed by atoms with van der Waals surface area (Å²) < 4.78 is 0. The second-order valence-electron chi connectivity index (χ2n) is 3.13. The Hall–Kier alpha value is -0.595. The predicted octanol–water partition coefficient (Wildman–Crippen LogP) is 0.848. The Morgan fingerprint density at radius 3 is 2.73 bits per heavy atom. The van der Waals surface area contributed by atoms with Crippen molar-refractivity contribution >= 4 is 19.4 Å². The molecule has 0 aromatic rings. The van der Waals surface area contributed by atoms with Gasteiger partial charge in [-0.1, -0.05) is 0 Å². The minimum atomic E-state index is -0.725. The second kappa shape index (κ2) is 3.70. The Kier molecular flexibility index (Phi) is 2.86. The molecule has 0 spiro atoms. The van der Waals surface area contributed by atoms with E-state index in [1.165, 1.54) is 12.8 Å². The molecule has 0 aliphatic heterocycles. The molecule has 1 saturated carbocycles. The van der Waals surface area contributed by atoms with Gasteiger partial charge in [-0.3, -0.25) is 0 Å². The molecular formula is C8H12BO2. The van der Waals surface area contributed by atoms with Gasteiger partial charge >= 0.3 is 66.8 Å². The first-order valence-corrected chi connectivity index (χ1v) is 4.01.